The standard InChI is InChI=1S/C25H23N3O2S/c1-16-13-14-22(30-3)21(15-16)28-24(29)23(18-9-5-4-6-10-18)31-25-19-11-7-8-12-20(19)26-17(2)27-25/h4-15,23H,1-3H3,(H,28,29). The molecule has 3 aromatic carbocycles. The fraction of sp³-hybridized carbons (Fsp3) is 0.160. The van der Waals surface area contributed by atoms with Gasteiger partial charge in [-0.05, 0) is 43.2 Å². The van der Waals surface area contributed by atoms with Crippen LogP contribution in [0.2, 0.25) is 0 Å². The highest BCUT2D eigenvalue weighted by atomic mass is 32.2. The van der Waals surface area contributed by atoms with Crippen LogP contribution < -0.4 is 10.1 Å². The first kappa shape index (κ1) is 20.9. The molecule has 0 saturated heterocycles. The summed E-state index contributed by atoms with van der Waals surface area (Å²) in [4.78, 5) is 22.7. The molecule has 6 heteroatoms. The van der Waals surface area contributed by atoms with Crippen LogP contribution in [0.1, 0.15) is 22.2 Å². The van der Waals surface area contributed by atoms with Crippen molar-refractivity contribution < 1.29 is 9.53 Å². The van der Waals surface area contributed by atoms with Gasteiger partial charge in [-0.3, -0.25) is 4.79 Å². The van der Waals surface area contributed by atoms with Gasteiger partial charge in [0.15, 0.2) is 0 Å². The van der Waals surface area contributed by atoms with Gasteiger partial charge in [0.05, 0.1) is 18.3 Å². The molecule has 0 spiro atoms. The number of rotatable bonds is 6. The van der Waals surface area contributed by atoms with Gasteiger partial charge in [-0.1, -0.05) is 66.4 Å². The van der Waals surface area contributed by atoms with Crippen molar-refractivity contribution in [1.29, 1.82) is 0 Å². The molecule has 1 unspecified atom stereocenters. The molecular weight excluding hydrogens is 406 g/mol. The number of aromatic nitrogens is 2. The predicted octanol–water partition coefficient (Wildman–Crippen LogP) is 5.73. The van der Waals surface area contributed by atoms with E-state index in [-0.39, 0.29) is 5.91 Å². The SMILES string of the molecule is COc1ccc(C)cc1NC(=O)C(Sc1nc(C)nc2ccccc12)c1ccccc1. The monoisotopic (exact) mass is 429 g/mol. The van der Waals surface area contributed by atoms with Crippen LogP contribution in [0.3, 0.4) is 0 Å². The Morgan fingerprint density at radius 3 is 2.48 bits per heavy atom. The minimum Gasteiger partial charge on any atom is -0.495 e. The van der Waals surface area contributed by atoms with E-state index in [9.17, 15) is 4.79 Å². The van der Waals surface area contributed by atoms with Gasteiger partial charge in [0, 0.05) is 5.39 Å². The second-order valence-electron chi connectivity index (χ2n) is 7.19. The van der Waals surface area contributed by atoms with Crippen molar-refractivity contribution in [3.8, 4) is 5.75 Å². The maximum atomic E-state index is 13.5. The molecule has 1 aromatic heterocycles. The highest BCUT2D eigenvalue weighted by Gasteiger charge is 2.25. The lowest BCUT2D eigenvalue weighted by atomic mass is 10.1. The lowest BCUT2D eigenvalue weighted by Crippen LogP contribution is -2.19. The van der Waals surface area contributed by atoms with E-state index >= 15 is 0 Å². The minimum atomic E-state index is -0.496. The van der Waals surface area contributed by atoms with Crippen LogP contribution in [0.4, 0.5) is 5.69 Å². The summed E-state index contributed by atoms with van der Waals surface area (Å²) in [6.07, 6.45) is 0. The van der Waals surface area contributed by atoms with Gasteiger partial charge in [0.1, 0.15) is 21.8 Å². The number of para-hydroxylation sites is 1. The Morgan fingerprint density at radius 2 is 1.71 bits per heavy atom. The Morgan fingerprint density at radius 1 is 0.968 bits per heavy atom. The Balaban J connectivity index is 1.73. The number of benzene rings is 3. The average Bonchev–Trinajstić information content (AvgIpc) is 2.78. The summed E-state index contributed by atoms with van der Waals surface area (Å²) in [6.45, 7) is 3.85. The third kappa shape index (κ3) is 4.70. The summed E-state index contributed by atoms with van der Waals surface area (Å²) < 4.78 is 5.44. The molecule has 1 heterocycles. The van der Waals surface area contributed by atoms with E-state index in [4.69, 9.17) is 4.74 Å². The number of fused-ring (bicyclic) bond motifs is 1. The largest absolute Gasteiger partial charge is 0.495 e. The molecule has 4 rings (SSSR count). The van der Waals surface area contributed by atoms with Gasteiger partial charge >= 0.3 is 0 Å². The van der Waals surface area contributed by atoms with Gasteiger partial charge in [-0.25, -0.2) is 9.97 Å². The van der Waals surface area contributed by atoms with E-state index in [1.165, 1.54) is 11.8 Å². The summed E-state index contributed by atoms with van der Waals surface area (Å²) in [5.41, 5.74) is 3.46. The van der Waals surface area contributed by atoms with Crippen LogP contribution >= 0.6 is 11.8 Å². The Kier molecular flexibility index (Phi) is 6.18. The molecule has 5 nitrogen and oxygen atoms in total. The fourth-order valence-corrected chi connectivity index (χ4v) is 4.55. The molecule has 0 aliphatic heterocycles. The van der Waals surface area contributed by atoms with E-state index in [0.717, 1.165) is 27.1 Å². The number of anilines is 1. The number of aryl methyl sites for hydroxylation is 2. The van der Waals surface area contributed by atoms with Crippen molar-refractivity contribution in [3.63, 3.8) is 0 Å². The lowest BCUT2D eigenvalue weighted by Gasteiger charge is -2.19. The lowest BCUT2D eigenvalue weighted by molar-refractivity contribution is -0.115. The molecule has 0 radical (unpaired) electrons. The number of amides is 1. The molecule has 156 valence electrons. The minimum absolute atomic E-state index is 0.138. The Hall–Kier alpha value is -3.38. The highest BCUT2D eigenvalue weighted by Crippen LogP contribution is 2.39. The quantitative estimate of drug-likeness (QED) is 0.313. The maximum Gasteiger partial charge on any atom is 0.242 e. The molecule has 0 bridgehead atoms. The molecule has 1 atom stereocenters. The van der Waals surface area contributed by atoms with Crippen LogP contribution in [0.15, 0.2) is 77.8 Å². The molecule has 1 N–H and O–H groups in total. The van der Waals surface area contributed by atoms with Crippen molar-refractivity contribution >= 4 is 34.3 Å². The number of nitrogens with zero attached hydrogens (tertiary/aromatic N) is 2. The molecule has 0 fully saturated rings. The van der Waals surface area contributed by atoms with Crippen molar-refractivity contribution in [3.05, 3.63) is 89.7 Å². The molecule has 0 aliphatic carbocycles. The van der Waals surface area contributed by atoms with Gasteiger partial charge in [-0.15, -0.1) is 0 Å². The van der Waals surface area contributed by atoms with E-state index in [1.807, 2.05) is 86.6 Å². The summed E-state index contributed by atoms with van der Waals surface area (Å²) in [5, 5.41) is 4.27. The number of methoxy groups -OCH3 is 1. The van der Waals surface area contributed by atoms with Gasteiger partial charge in [-0.2, -0.15) is 0 Å². The van der Waals surface area contributed by atoms with Gasteiger partial charge < -0.3 is 10.1 Å². The predicted molar refractivity (Wildman–Crippen MR) is 126 cm³/mol. The summed E-state index contributed by atoms with van der Waals surface area (Å²) in [6, 6.07) is 23.3. The normalized spacial score (nSPS) is 11.8. The summed E-state index contributed by atoms with van der Waals surface area (Å²) >= 11 is 1.43. The average molecular weight is 430 g/mol. The van der Waals surface area contributed by atoms with Gasteiger partial charge in [0.25, 0.3) is 0 Å². The molecule has 31 heavy (non-hydrogen) atoms. The fourth-order valence-electron chi connectivity index (χ4n) is 3.38. The Bertz CT molecular complexity index is 1230. The van der Waals surface area contributed by atoms with Crippen molar-refractivity contribution in [2.75, 3.05) is 12.4 Å². The number of hydrogen-bond acceptors (Lipinski definition) is 5. The molecule has 0 aliphatic rings. The number of hydrogen-bond donors (Lipinski definition) is 1. The molecule has 4 aromatic rings. The maximum absolute atomic E-state index is 13.5. The topological polar surface area (TPSA) is 64.1 Å². The smallest absolute Gasteiger partial charge is 0.242 e. The van der Waals surface area contributed by atoms with Crippen molar-refractivity contribution in [2.24, 2.45) is 0 Å². The van der Waals surface area contributed by atoms with E-state index in [0.29, 0.717) is 17.3 Å². The van der Waals surface area contributed by atoms with Crippen LogP contribution in [-0.4, -0.2) is 23.0 Å². The second-order valence-corrected chi connectivity index (χ2v) is 8.29. The number of thioether (sulfide) groups is 1. The third-order valence-corrected chi connectivity index (χ3v) is 6.12. The highest BCUT2D eigenvalue weighted by molar-refractivity contribution is 8.00. The zero-order valence-corrected chi connectivity index (χ0v) is 18.4. The van der Waals surface area contributed by atoms with Crippen LogP contribution in [-0.2, 0) is 4.79 Å². The zero-order chi connectivity index (χ0) is 21.8. The molecule has 0 saturated carbocycles. The first-order valence-electron chi connectivity index (χ1n) is 9.95. The number of nitrogens with one attached hydrogen (secondary N) is 1. The number of ether oxygens (including phenoxy) is 1. The zero-order valence-electron chi connectivity index (χ0n) is 17.6. The van der Waals surface area contributed by atoms with Crippen LogP contribution in [0.5, 0.6) is 5.75 Å². The summed E-state index contributed by atoms with van der Waals surface area (Å²) in [5.74, 6) is 1.16. The molecule has 1 amide bonds. The van der Waals surface area contributed by atoms with E-state index in [1.54, 1.807) is 7.11 Å². The first-order valence-corrected chi connectivity index (χ1v) is 10.8. The van der Waals surface area contributed by atoms with E-state index < -0.39 is 5.25 Å². The van der Waals surface area contributed by atoms with Crippen LogP contribution in [0, 0.1) is 13.8 Å². The Labute approximate surface area is 185 Å². The first-order chi connectivity index (χ1) is 15.0. The summed E-state index contributed by atoms with van der Waals surface area (Å²) in [7, 11) is 1.60. The number of carbonyl (C=O) groups is 1. The van der Waals surface area contributed by atoms with Crippen molar-refractivity contribution in [2.45, 2.75) is 24.1 Å². The van der Waals surface area contributed by atoms with E-state index in [2.05, 4.69) is 15.3 Å². The third-order valence-electron chi connectivity index (χ3n) is 4.86. The van der Waals surface area contributed by atoms with Gasteiger partial charge in [0.2, 0.25) is 5.91 Å². The van der Waals surface area contributed by atoms with Crippen molar-refractivity contribution in [1.82, 2.24) is 9.97 Å². The van der Waals surface area contributed by atoms with Crippen LogP contribution in [0.25, 0.3) is 10.9 Å². The molecular formula is C25H23N3O2S. The number of carbonyl (C=O) groups excluding carboxylic acids is 1. The second kappa shape index (κ2) is 9.18.